The first kappa shape index (κ1) is 18.9. The van der Waals surface area contributed by atoms with Crippen LogP contribution in [0.2, 0.25) is 0 Å². The maximum atomic E-state index is 12.8. The number of aryl methyl sites for hydroxylation is 1. The number of esters is 1. The second-order valence-electron chi connectivity index (χ2n) is 7.32. The molecule has 3 aromatic rings. The van der Waals surface area contributed by atoms with Gasteiger partial charge in [-0.2, -0.15) is 0 Å². The Balaban J connectivity index is 1.41. The maximum absolute atomic E-state index is 12.8. The van der Waals surface area contributed by atoms with Crippen LogP contribution in [0.4, 0.5) is 0 Å². The number of allylic oxidation sites excluding steroid dienone is 1. The van der Waals surface area contributed by atoms with Crippen molar-refractivity contribution in [2.75, 3.05) is 6.79 Å². The monoisotopic (exact) mass is 414 g/mol. The van der Waals surface area contributed by atoms with Gasteiger partial charge in [-0.05, 0) is 61.4 Å². The number of fused-ring (bicyclic) bond motifs is 2. The van der Waals surface area contributed by atoms with E-state index in [4.69, 9.17) is 18.9 Å². The van der Waals surface area contributed by atoms with Crippen LogP contribution in [-0.4, -0.2) is 18.5 Å². The molecule has 0 aromatic heterocycles. The predicted octanol–water partition coefficient (Wildman–Crippen LogP) is 4.87. The fraction of sp³-hybridized carbons (Fsp3) is 0.120. The largest absolute Gasteiger partial charge is 0.454 e. The molecule has 6 heteroatoms. The molecule has 5 rings (SSSR count). The Morgan fingerprint density at radius 1 is 1.00 bits per heavy atom. The van der Waals surface area contributed by atoms with Gasteiger partial charge in [0.05, 0.1) is 11.1 Å². The van der Waals surface area contributed by atoms with Gasteiger partial charge >= 0.3 is 5.97 Å². The van der Waals surface area contributed by atoms with Crippen LogP contribution in [0, 0.1) is 13.8 Å². The molecule has 0 amide bonds. The summed E-state index contributed by atoms with van der Waals surface area (Å²) in [5.74, 6) is 1.32. The van der Waals surface area contributed by atoms with Gasteiger partial charge in [0, 0.05) is 5.56 Å². The Morgan fingerprint density at radius 3 is 2.65 bits per heavy atom. The van der Waals surface area contributed by atoms with E-state index in [1.165, 1.54) is 0 Å². The number of ketones is 1. The third-order valence-electron chi connectivity index (χ3n) is 5.32. The van der Waals surface area contributed by atoms with Gasteiger partial charge in [0.25, 0.3) is 0 Å². The van der Waals surface area contributed by atoms with Gasteiger partial charge in [-0.3, -0.25) is 4.79 Å². The molecule has 0 spiro atoms. The standard InChI is InChI=1S/C25H18O6/c1-14-5-3-4-6-16(14)11-22-23(26)18-8-10-19(15(2)24(18)30-22)31-25(27)17-7-9-20-21(12-17)29-13-28-20/h3-12H,13H2,1-2H3/b22-11-. The van der Waals surface area contributed by atoms with Gasteiger partial charge in [-0.15, -0.1) is 0 Å². The fourth-order valence-corrected chi connectivity index (χ4v) is 3.55. The summed E-state index contributed by atoms with van der Waals surface area (Å²) in [5, 5.41) is 0. The number of Topliss-reactive ketones (excluding diaryl/α,β-unsaturated/α-hetero) is 1. The summed E-state index contributed by atoms with van der Waals surface area (Å²) in [6.45, 7) is 3.85. The summed E-state index contributed by atoms with van der Waals surface area (Å²) in [6, 6.07) is 15.8. The number of hydrogen-bond donors (Lipinski definition) is 0. The molecule has 0 radical (unpaired) electrons. The zero-order chi connectivity index (χ0) is 21.5. The van der Waals surface area contributed by atoms with Crippen LogP contribution in [0.25, 0.3) is 6.08 Å². The highest BCUT2D eigenvalue weighted by molar-refractivity contribution is 6.15. The van der Waals surface area contributed by atoms with E-state index in [0.29, 0.717) is 39.7 Å². The molecule has 0 saturated carbocycles. The van der Waals surface area contributed by atoms with E-state index in [0.717, 1.165) is 11.1 Å². The summed E-state index contributed by atoms with van der Waals surface area (Å²) in [7, 11) is 0. The summed E-state index contributed by atoms with van der Waals surface area (Å²) in [6.07, 6.45) is 1.73. The number of rotatable bonds is 3. The Kier molecular flexibility index (Phi) is 4.47. The van der Waals surface area contributed by atoms with Gasteiger partial charge in [0.1, 0.15) is 11.5 Å². The molecule has 0 bridgehead atoms. The first-order valence-electron chi connectivity index (χ1n) is 9.76. The molecule has 0 saturated heterocycles. The highest BCUT2D eigenvalue weighted by Gasteiger charge is 2.31. The van der Waals surface area contributed by atoms with Crippen LogP contribution < -0.4 is 18.9 Å². The molecule has 2 aliphatic rings. The zero-order valence-electron chi connectivity index (χ0n) is 16.9. The van der Waals surface area contributed by atoms with E-state index in [2.05, 4.69) is 0 Å². The van der Waals surface area contributed by atoms with Crippen LogP contribution in [0.15, 0.2) is 60.4 Å². The van der Waals surface area contributed by atoms with E-state index in [-0.39, 0.29) is 18.3 Å². The Labute approximate surface area is 178 Å². The summed E-state index contributed by atoms with van der Waals surface area (Å²) in [4.78, 5) is 25.4. The van der Waals surface area contributed by atoms with Crippen molar-refractivity contribution in [1.29, 1.82) is 0 Å². The molecular formula is C25H18O6. The van der Waals surface area contributed by atoms with Crippen LogP contribution in [0.5, 0.6) is 23.0 Å². The van der Waals surface area contributed by atoms with Crippen molar-refractivity contribution in [1.82, 2.24) is 0 Å². The SMILES string of the molecule is Cc1ccccc1/C=C1\Oc2c(ccc(OC(=O)c3ccc4c(c3)OCO4)c2C)C1=O. The molecule has 0 N–H and O–H groups in total. The zero-order valence-corrected chi connectivity index (χ0v) is 16.9. The average molecular weight is 414 g/mol. The van der Waals surface area contributed by atoms with Crippen molar-refractivity contribution in [3.63, 3.8) is 0 Å². The summed E-state index contributed by atoms with van der Waals surface area (Å²) in [5.41, 5.74) is 3.30. The van der Waals surface area contributed by atoms with E-state index >= 15 is 0 Å². The second-order valence-corrected chi connectivity index (χ2v) is 7.32. The third kappa shape index (κ3) is 3.32. The number of ether oxygens (including phenoxy) is 4. The molecule has 2 heterocycles. The smallest absolute Gasteiger partial charge is 0.343 e. The molecule has 3 aromatic carbocycles. The predicted molar refractivity (Wildman–Crippen MR) is 113 cm³/mol. The lowest BCUT2D eigenvalue weighted by Crippen LogP contribution is -2.09. The van der Waals surface area contributed by atoms with Gasteiger partial charge in [0.15, 0.2) is 17.3 Å². The lowest BCUT2D eigenvalue weighted by Gasteiger charge is -2.10. The highest BCUT2D eigenvalue weighted by Crippen LogP contribution is 2.40. The topological polar surface area (TPSA) is 71.1 Å². The van der Waals surface area contributed by atoms with E-state index in [1.54, 1.807) is 43.3 Å². The van der Waals surface area contributed by atoms with E-state index < -0.39 is 5.97 Å². The van der Waals surface area contributed by atoms with Gasteiger partial charge in [-0.1, -0.05) is 24.3 Å². The minimum absolute atomic E-state index is 0.126. The number of carbonyl (C=O) groups is 2. The van der Waals surface area contributed by atoms with Crippen molar-refractivity contribution in [3.05, 3.63) is 88.2 Å². The lowest BCUT2D eigenvalue weighted by molar-refractivity contribution is 0.0732. The Hall–Kier alpha value is -4.06. The van der Waals surface area contributed by atoms with Gasteiger partial charge in [-0.25, -0.2) is 4.79 Å². The average Bonchev–Trinajstić information content (AvgIpc) is 3.36. The molecule has 31 heavy (non-hydrogen) atoms. The number of hydrogen-bond acceptors (Lipinski definition) is 6. The molecule has 0 fully saturated rings. The number of benzene rings is 3. The van der Waals surface area contributed by atoms with Crippen molar-refractivity contribution in [3.8, 4) is 23.0 Å². The quantitative estimate of drug-likeness (QED) is 0.346. The molecule has 6 nitrogen and oxygen atoms in total. The van der Waals surface area contributed by atoms with Crippen LogP contribution in [0.1, 0.15) is 37.4 Å². The van der Waals surface area contributed by atoms with Crippen LogP contribution in [-0.2, 0) is 0 Å². The van der Waals surface area contributed by atoms with Crippen LogP contribution >= 0.6 is 0 Å². The Bertz CT molecular complexity index is 1270. The van der Waals surface area contributed by atoms with Crippen LogP contribution in [0.3, 0.4) is 0 Å². The fourth-order valence-electron chi connectivity index (χ4n) is 3.55. The molecule has 0 atom stereocenters. The molecule has 2 aliphatic heterocycles. The molecular weight excluding hydrogens is 396 g/mol. The number of carbonyl (C=O) groups excluding carboxylic acids is 2. The van der Waals surface area contributed by atoms with E-state index in [9.17, 15) is 9.59 Å². The second kappa shape index (κ2) is 7.32. The highest BCUT2D eigenvalue weighted by atomic mass is 16.7. The minimum atomic E-state index is -0.540. The normalized spacial score (nSPS) is 15.0. The van der Waals surface area contributed by atoms with Gasteiger partial charge < -0.3 is 18.9 Å². The first-order valence-corrected chi connectivity index (χ1v) is 9.76. The van der Waals surface area contributed by atoms with Crippen molar-refractivity contribution < 1.29 is 28.5 Å². The summed E-state index contributed by atoms with van der Waals surface area (Å²) < 4.78 is 22.0. The molecule has 0 unspecified atom stereocenters. The molecule has 154 valence electrons. The lowest BCUT2D eigenvalue weighted by atomic mass is 10.0. The van der Waals surface area contributed by atoms with Crippen molar-refractivity contribution in [2.24, 2.45) is 0 Å². The van der Waals surface area contributed by atoms with Crippen molar-refractivity contribution >= 4 is 17.8 Å². The van der Waals surface area contributed by atoms with Crippen molar-refractivity contribution in [2.45, 2.75) is 13.8 Å². The maximum Gasteiger partial charge on any atom is 0.343 e. The first-order chi connectivity index (χ1) is 15.0. The summed E-state index contributed by atoms with van der Waals surface area (Å²) >= 11 is 0. The Morgan fingerprint density at radius 2 is 1.81 bits per heavy atom. The van der Waals surface area contributed by atoms with E-state index in [1.807, 2.05) is 31.2 Å². The third-order valence-corrected chi connectivity index (χ3v) is 5.32. The molecule has 0 aliphatic carbocycles. The minimum Gasteiger partial charge on any atom is -0.454 e. The van der Waals surface area contributed by atoms with Gasteiger partial charge in [0.2, 0.25) is 12.6 Å².